The zero-order valence-corrected chi connectivity index (χ0v) is 19.4. The van der Waals surface area contributed by atoms with Crippen LogP contribution in [0.2, 0.25) is 0 Å². The molecule has 3 amide bonds. The topological polar surface area (TPSA) is 95.8 Å². The van der Waals surface area contributed by atoms with Crippen LogP contribution in [-0.2, 0) is 20.8 Å². The molecule has 0 bridgehead atoms. The summed E-state index contributed by atoms with van der Waals surface area (Å²) in [6.07, 6.45) is 2.24. The van der Waals surface area contributed by atoms with Gasteiger partial charge in [0.05, 0.1) is 11.0 Å². The Bertz CT molecular complexity index is 910. The molecule has 32 heavy (non-hydrogen) atoms. The van der Waals surface area contributed by atoms with E-state index in [1.165, 1.54) is 17.3 Å². The summed E-state index contributed by atoms with van der Waals surface area (Å²) in [4.78, 5) is 40.8. The van der Waals surface area contributed by atoms with Crippen molar-refractivity contribution in [1.82, 2.24) is 15.0 Å². The van der Waals surface area contributed by atoms with E-state index in [0.29, 0.717) is 44.2 Å². The Morgan fingerprint density at radius 3 is 2.38 bits per heavy atom. The number of carbonyl (C=O) groups is 3. The number of anilines is 1. The molecular formula is C23H30N4O4S. The average molecular weight is 459 g/mol. The number of nitrogens with zero attached hydrogens (tertiary/aromatic N) is 3. The van der Waals surface area contributed by atoms with E-state index in [2.05, 4.69) is 22.6 Å². The van der Waals surface area contributed by atoms with Gasteiger partial charge in [-0.2, -0.15) is 0 Å². The number of rotatable bonds is 9. The molecule has 0 spiro atoms. The fourth-order valence-corrected chi connectivity index (χ4v) is 4.25. The average Bonchev–Trinajstić information content (AvgIpc) is 3.22. The highest BCUT2D eigenvalue weighted by Gasteiger charge is 2.25. The minimum atomic E-state index is -0.400. The van der Waals surface area contributed by atoms with E-state index < -0.39 is 5.25 Å². The van der Waals surface area contributed by atoms with Crippen molar-refractivity contribution in [1.29, 1.82) is 0 Å². The second-order valence-electron chi connectivity index (χ2n) is 7.87. The maximum atomic E-state index is 12.5. The predicted molar refractivity (Wildman–Crippen MR) is 124 cm³/mol. The summed E-state index contributed by atoms with van der Waals surface area (Å²) in [5.74, 6) is 1.12. The fourth-order valence-electron chi connectivity index (χ4n) is 3.47. The highest BCUT2D eigenvalue weighted by Crippen LogP contribution is 2.16. The van der Waals surface area contributed by atoms with Gasteiger partial charge in [0, 0.05) is 38.7 Å². The number of thioether (sulfide) groups is 1. The van der Waals surface area contributed by atoms with E-state index in [0.717, 1.165) is 12.8 Å². The highest BCUT2D eigenvalue weighted by atomic mass is 32.2. The number of amides is 3. The van der Waals surface area contributed by atoms with Gasteiger partial charge < -0.3 is 19.6 Å². The van der Waals surface area contributed by atoms with Crippen LogP contribution < -0.4 is 5.32 Å². The molecule has 1 aromatic heterocycles. The third-order valence-electron chi connectivity index (χ3n) is 5.39. The lowest BCUT2D eigenvalue weighted by atomic mass is 10.1. The molecule has 1 atom stereocenters. The second kappa shape index (κ2) is 11.7. The molecular weight excluding hydrogens is 428 g/mol. The van der Waals surface area contributed by atoms with Crippen LogP contribution in [0.5, 0.6) is 0 Å². The Balaban J connectivity index is 1.33. The Morgan fingerprint density at radius 1 is 1.09 bits per heavy atom. The van der Waals surface area contributed by atoms with Gasteiger partial charge in [-0.1, -0.05) is 35.5 Å². The molecule has 0 radical (unpaired) electrons. The van der Waals surface area contributed by atoms with Crippen molar-refractivity contribution in [2.75, 3.05) is 37.2 Å². The zero-order valence-electron chi connectivity index (χ0n) is 18.6. The molecule has 1 aromatic carbocycles. The maximum Gasteiger partial charge on any atom is 0.238 e. The van der Waals surface area contributed by atoms with Crippen LogP contribution in [0.3, 0.4) is 0 Å². The molecule has 172 valence electrons. The van der Waals surface area contributed by atoms with Crippen molar-refractivity contribution in [2.24, 2.45) is 0 Å². The Labute approximate surface area is 192 Å². The summed E-state index contributed by atoms with van der Waals surface area (Å²) >= 11 is 1.29. The van der Waals surface area contributed by atoms with Crippen LogP contribution in [0, 0.1) is 6.92 Å². The molecule has 1 saturated heterocycles. The van der Waals surface area contributed by atoms with Gasteiger partial charge in [0.2, 0.25) is 17.7 Å². The van der Waals surface area contributed by atoms with Crippen LogP contribution in [0.15, 0.2) is 40.9 Å². The number of hydrogen-bond acceptors (Lipinski definition) is 6. The predicted octanol–water partition coefficient (Wildman–Crippen LogP) is 2.74. The molecule has 1 N–H and O–H groups in total. The van der Waals surface area contributed by atoms with Gasteiger partial charge in [0.1, 0.15) is 5.76 Å². The molecule has 1 aliphatic rings. The van der Waals surface area contributed by atoms with Crippen molar-refractivity contribution in [3.63, 3.8) is 0 Å². The van der Waals surface area contributed by atoms with Gasteiger partial charge in [0.15, 0.2) is 5.82 Å². The lowest BCUT2D eigenvalue weighted by Crippen LogP contribution is -2.51. The summed E-state index contributed by atoms with van der Waals surface area (Å²) < 4.78 is 4.93. The first kappa shape index (κ1) is 23.8. The Kier molecular flexibility index (Phi) is 8.72. The lowest BCUT2D eigenvalue weighted by Gasteiger charge is -2.35. The van der Waals surface area contributed by atoms with Crippen molar-refractivity contribution in [3.05, 3.63) is 47.7 Å². The standard InChI is InChI=1S/C23H30N4O4S/c1-17-15-20(25-31-17)24-23(30)18(2)32-16-22(29)27-13-11-26(12-14-27)21(28)10-6-9-19-7-4-3-5-8-19/h3-5,7-8,15,18H,6,9-14,16H2,1-2H3,(H,24,25,30). The number of aryl methyl sites for hydroxylation is 2. The third kappa shape index (κ3) is 7.12. The number of piperazine rings is 1. The lowest BCUT2D eigenvalue weighted by molar-refractivity contribution is -0.138. The number of nitrogens with one attached hydrogen (secondary N) is 1. The van der Waals surface area contributed by atoms with Crippen LogP contribution in [-0.4, -0.2) is 69.9 Å². The monoisotopic (exact) mass is 458 g/mol. The third-order valence-corrected chi connectivity index (χ3v) is 6.52. The van der Waals surface area contributed by atoms with Gasteiger partial charge in [-0.3, -0.25) is 14.4 Å². The quantitative estimate of drug-likeness (QED) is 0.621. The normalized spacial score (nSPS) is 14.8. The maximum absolute atomic E-state index is 12.5. The fraction of sp³-hybridized carbons (Fsp3) is 0.478. The summed E-state index contributed by atoms with van der Waals surface area (Å²) in [6, 6.07) is 11.8. The van der Waals surface area contributed by atoms with Crippen LogP contribution in [0.4, 0.5) is 5.82 Å². The van der Waals surface area contributed by atoms with Crippen molar-refractivity contribution >= 4 is 35.3 Å². The first-order chi connectivity index (χ1) is 15.4. The first-order valence-corrected chi connectivity index (χ1v) is 11.9. The minimum Gasteiger partial charge on any atom is -0.360 e. The van der Waals surface area contributed by atoms with Crippen LogP contribution in [0.25, 0.3) is 0 Å². The highest BCUT2D eigenvalue weighted by molar-refractivity contribution is 8.01. The van der Waals surface area contributed by atoms with Crippen LogP contribution in [0.1, 0.15) is 31.1 Å². The summed E-state index contributed by atoms with van der Waals surface area (Å²) in [7, 11) is 0. The molecule has 2 heterocycles. The van der Waals surface area contributed by atoms with E-state index in [9.17, 15) is 14.4 Å². The zero-order chi connectivity index (χ0) is 22.9. The Hall–Kier alpha value is -2.81. The number of hydrogen-bond donors (Lipinski definition) is 1. The molecule has 1 aliphatic heterocycles. The molecule has 8 nitrogen and oxygen atoms in total. The molecule has 3 rings (SSSR count). The smallest absolute Gasteiger partial charge is 0.238 e. The van der Waals surface area contributed by atoms with E-state index in [4.69, 9.17) is 4.52 Å². The minimum absolute atomic E-state index is 0.0110. The van der Waals surface area contributed by atoms with Gasteiger partial charge >= 0.3 is 0 Å². The van der Waals surface area contributed by atoms with E-state index in [1.54, 1.807) is 24.8 Å². The Morgan fingerprint density at radius 2 is 1.75 bits per heavy atom. The van der Waals surface area contributed by atoms with Crippen molar-refractivity contribution < 1.29 is 18.9 Å². The van der Waals surface area contributed by atoms with Crippen LogP contribution >= 0.6 is 11.8 Å². The summed E-state index contributed by atoms with van der Waals surface area (Å²) in [5, 5.41) is 6.02. The van der Waals surface area contributed by atoms with Gasteiger partial charge in [-0.15, -0.1) is 11.8 Å². The van der Waals surface area contributed by atoms with E-state index in [-0.39, 0.29) is 23.5 Å². The van der Waals surface area contributed by atoms with Gasteiger partial charge in [-0.25, -0.2) is 0 Å². The molecule has 0 aliphatic carbocycles. The molecule has 0 saturated carbocycles. The van der Waals surface area contributed by atoms with Gasteiger partial charge in [-0.05, 0) is 32.3 Å². The van der Waals surface area contributed by atoms with Crippen molar-refractivity contribution in [3.8, 4) is 0 Å². The number of aromatic nitrogens is 1. The summed E-state index contributed by atoms with van der Waals surface area (Å²) in [5.41, 5.74) is 1.24. The van der Waals surface area contributed by atoms with E-state index in [1.807, 2.05) is 23.1 Å². The van der Waals surface area contributed by atoms with Gasteiger partial charge in [0.25, 0.3) is 0 Å². The molecule has 2 aromatic rings. The van der Waals surface area contributed by atoms with Crippen molar-refractivity contribution in [2.45, 2.75) is 38.4 Å². The first-order valence-electron chi connectivity index (χ1n) is 10.9. The summed E-state index contributed by atoms with van der Waals surface area (Å²) in [6.45, 7) is 5.68. The number of carbonyl (C=O) groups excluding carboxylic acids is 3. The van der Waals surface area contributed by atoms with E-state index >= 15 is 0 Å². The number of benzene rings is 1. The molecule has 9 heteroatoms. The second-order valence-corrected chi connectivity index (χ2v) is 9.20. The SMILES string of the molecule is Cc1cc(NC(=O)C(C)SCC(=O)N2CCN(C(=O)CCCc3ccccc3)CC2)no1. The molecule has 1 unspecified atom stereocenters. The largest absolute Gasteiger partial charge is 0.360 e. The molecule has 1 fully saturated rings.